The fourth-order valence-electron chi connectivity index (χ4n) is 2.66. The van der Waals surface area contributed by atoms with Crippen molar-refractivity contribution < 1.29 is 19.1 Å². The molecule has 0 aliphatic rings. The maximum Gasteiger partial charge on any atom is 0.309 e. The second-order valence-corrected chi connectivity index (χ2v) is 6.73. The van der Waals surface area contributed by atoms with Crippen molar-refractivity contribution in [2.75, 3.05) is 59.4 Å². The highest BCUT2D eigenvalue weighted by Crippen LogP contribution is 2.20. The van der Waals surface area contributed by atoms with Crippen molar-refractivity contribution in [2.24, 2.45) is 0 Å². The van der Waals surface area contributed by atoms with E-state index in [-0.39, 0.29) is 12.6 Å². The third-order valence-corrected chi connectivity index (χ3v) is 4.21. The molecule has 0 saturated carbocycles. The predicted octanol–water partition coefficient (Wildman–Crippen LogP) is 0.987. The van der Waals surface area contributed by atoms with Crippen LogP contribution in [0.5, 0.6) is 0 Å². The van der Waals surface area contributed by atoms with E-state index in [0.29, 0.717) is 19.8 Å². The molecule has 0 saturated heterocycles. The summed E-state index contributed by atoms with van der Waals surface area (Å²) in [5, 5.41) is 5.25. The van der Waals surface area contributed by atoms with Crippen LogP contribution >= 0.6 is 0 Å². The summed E-state index contributed by atoms with van der Waals surface area (Å²) in [6.07, 6.45) is -0.559. The Labute approximate surface area is 168 Å². The Morgan fingerprint density at radius 3 is 1.82 bits per heavy atom. The van der Waals surface area contributed by atoms with Crippen LogP contribution < -0.4 is 15.5 Å². The van der Waals surface area contributed by atoms with Gasteiger partial charge in [0, 0.05) is 39.5 Å². The zero-order chi connectivity index (χ0) is 21.1. The fraction of sp³-hybridized carbons (Fsp3) is 0.600. The Kier molecular flexibility index (Phi) is 10.5. The van der Waals surface area contributed by atoms with E-state index < -0.39 is 18.1 Å². The lowest BCUT2D eigenvalue weighted by Gasteiger charge is -2.25. The summed E-state index contributed by atoms with van der Waals surface area (Å²) in [7, 11) is 7.84. The molecular weight excluding hydrogens is 360 g/mol. The summed E-state index contributed by atoms with van der Waals surface area (Å²) in [4.78, 5) is 28.2. The number of nitrogens with one attached hydrogen (secondary N) is 2. The number of likely N-dealkylation sites (N-methyl/N-ethyl adjacent to an activating group) is 1. The zero-order valence-corrected chi connectivity index (χ0v) is 17.8. The number of anilines is 1. The Morgan fingerprint density at radius 2 is 1.39 bits per heavy atom. The SMILES string of the molecule is CCOC(CNC(=O)C(=O)NCC(c1ccc(N(C)C)cc1)N(C)C)OCC. The third kappa shape index (κ3) is 7.84. The molecule has 28 heavy (non-hydrogen) atoms. The second kappa shape index (κ2) is 12.3. The van der Waals surface area contributed by atoms with Gasteiger partial charge in [0.1, 0.15) is 0 Å². The van der Waals surface area contributed by atoms with Gasteiger partial charge in [-0.25, -0.2) is 0 Å². The Bertz CT molecular complexity index is 599. The standard InChI is InChI=1S/C20H34N4O4/c1-7-27-18(28-8-2)14-22-20(26)19(25)21-13-17(24(5)6)15-9-11-16(12-10-15)23(3)4/h9-12,17-18H,7-8,13-14H2,1-6H3,(H,21,25)(H,22,26). The first-order valence-corrected chi connectivity index (χ1v) is 9.53. The lowest BCUT2D eigenvalue weighted by molar-refractivity contribution is -0.146. The van der Waals surface area contributed by atoms with Gasteiger partial charge in [0.2, 0.25) is 0 Å². The molecule has 2 N–H and O–H groups in total. The maximum atomic E-state index is 12.1. The van der Waals surface area contributed by atoms with Crippen LogP contribution in [0.2, 0.25) is 0 Å². The van der Waals surface area contributed by atoms with Gasteiger partial charge >= 0.3 is 11.8 Å². The van der Waals surface area contributed by atoms with E-state index in [1.54, 1.807) is 0 Å². The summed E-state index contributed by atoms with van der Waals surface area (Å²) in [5.74, 6) is -1.38. The van der Waals surface area contributed by atoms with Gasteiger partial charge in [0.25, 0.3) is 0 Å². The molecule has 0 aliphatic heterocycles. The second-order valence-electron chi connectivity index (χ2n) is 6.73. The lowest BCUT2D eigenvalue weighted by Crippen LogP contribution is -2.45. The average molecular weight is 395 g/mol. The van der Waals surface area contributed by atoms with Gasteiger partial charge in [0.05, 0.1) is 12.6 Å². The first-order chi connectivity index (χ1) is 13.3. The molecule has 0 heterocycles. The molecule has 0 radical (unpaired) electrons. The number of carbonyl (C=O) groups is 2. The quantitative estimate of drug-likeness (QED) is 0.430. The largest absolute Gasteiger partial charge is 0.378 e. The highest BCUT2D eigenvalue weighted by Gasteiger charge is 2.20. The number of carbonyl (C=O) groups excluding carboxylic acids is 2. The van der Waals surface area contributed by atoms with Crippen LogP contribution in [0.15, 0.2) is 24.3 Å². The van der Waals surface area contributed by atoms with Gasteiger partial charge in [-0.1, -0.05) is 12.1 Å². The molecule has 1 rings (SSSR count). The highest BCUT2D eigenvalue weighted by atomic mass is 16.7. The smallest absolute Gasteiger partial charge is 0.309 e. The summed E-state index contributed by atoms with van der Waals surface area (Å²) < 4.78 is 10.7. The van der Waals surface area contributed by atoms with Crippen LogP contribution in [0.3, 0.4) is 0 Å². The van der Waals surface area contributed by atoms with E-state index in [9.17, 15) is 9.59 Å². The molecule has 0 bridgehead atoms. The van der Waals surface area contributed by atoms with E-state index in [2.05, 4.69) is 10.6 Å². The molecule has 158 valence electrons. The molecule has 0 fully saturated rings. The molecule has 8 heteroatoms. The number of nitrogens with zero attached hydrogens (tertiary/aromatic N) is 2. The van der Waals surface area contributed by atoms with Crippen molar-refractivity contribution in [1.82, 2.24) is 15.5 Å². The molecule has 0 aliphatic carbocycles. The molecule has 0 spiro atoms. The monoisotopic (exact) mass is 394 g/mol. The Hall–Kier alpha value is -2.16. The van der Waals surface area contributed by atoms with Gasteiger partial charge < -0.3 is 29.9 Å². The van der Waals surface area contributed by atoms with Gasteiger partial charge in [0.15, 0.2) is 6.29 Å². The minimum absolute atomic E-state index is 0.0486. The minimum atomic E-state index is -0.704. The number of ether oxygens (including phenoxy) is 2. The molecule has 2 amide bonds. The normalized spacial score (nSPS) is 12.1. The van der Waals surface area contributed by atoms with E-state index in [0.717, 1.165) is 11.3 Å². The number of hydrogen-bond acceptors (Lipinski definition) is 6. The lowest BCUT2D eigenvalue weighted by atomic mass is 10.1. The van der Waals surface area contributed by atoms with Crippen molar-refractivity contribution in [2.45, 2.75) is 26.2 Å². The van der Waals surface area contributed by atoms with Crippen molar-refractivity contribution in [3.05, 3.63) is 29.8 Å². The van der Waals surface area contributed by atoms with E-state index in [4.69, 9.17) is 9.47 Å². The third-order valence-electron chi connectivity index (χ3n) is 4.21. The number of amides is 2. The first-order valence-electron chi connectivity index (χ1n) is 9.53. The molecular formula is C20H34N4O4. The molecule has 1 aromatic carbocycles. The van der Waals surface area contributed by atoms with Gasteiger partial charge in [-0.05, 0) is 45.6 Å². The van der Waals surface area contributed by atoms with Crippen LogP contribution in [0, 0.1) is 0 Å². The van der Waals surface area contributed by atoms with E-state index in [1.807, 2.05) is 76.1 Å². The van der Waals surface area contributed by atoms with Crippen LogP contribution in [-0.4, -0.2) is 77.5 Å². The molecule has 1 atom stereocenters. The van der Waals surface area contributed by atoms with Crippen LogP contribution in [0.25, 0.3) is 0 Å². The molecule has 1 aromatic rings. The van der Waals surface area contributed by atoms with Crippen molar-refractivity contribution in [1.29, 1.82) is 0 Å². The van der Waals surface area contributed by atoms with Crippen molar-refractivity contribution >= 4 is 17.5 Å². The first kappa shape index (κ1) is 23.9. The minimum Gasteiger partial charge on any atom is -0.378 e. The zero-order valence-electron chi connectivity index (χ0n) is 17.8. The Balaban J connectivity index is 2.60. The van der Waals surface area contributed by atoms with E-state index in [1.165, 1.54) is 0 Å². The number of rotatable bonds is 11. The summed E-state index contributed by atoms with van der Waals surface area (Å²) >= 11 is 0. The van der Waals surface area contributed by atoms with Crippen molar-refractivity contribution in [3.63, 3.8) is 0 Å². The van der Waals surface area contributed by atoms with Gasteiger partial charge in [-0.3, -0.25) is 9.59 Å². The van der Waals surface area contributed by atoms with Crippen molar-refractivity contribution in [3.8, 4) is 0 Å². The Morgan fingerprint density at radius 1 is 0.893 bits per heavy atom. The van der Waals surface area contributed by atoms with Crippen LogP contribution in [0.4, 0.5) is 5.69 Å². The molecule has 8 nitrogen and oxygen atoms in total. The van der Waals surface area contributed by atoms with E-state index >= 15 is 0 Å². The van der Waals surface area contributed by atoms with Crippen LogP contribution in [0.1, 0.15) is 25.5 Å². The summed E-state index contributed by atoms with van der Waals surface area (Å²) in [6.45, 7) is 5.05. The fourth-order valence-corrected chi connectivity index (χ4v) is 2.66. The summed E-state index contributed by atoms with van der Waals surface area (Å²) in [6, 6.07) is 8.07. The number of hydrogen-bond donors (Lipinski definition) is 2. The van der Waals surface area contributed by atoms with Gasteiger partial charge in [-0.15, -0.1) is 0 Å². The summed E-state index contributed by atoms with van der Waals surface area (Å²) in [5.41, 5.74) is 2.16. The predicted molar refractivity (Wildman–Crippen MR) is 110 cm³/mol. The molecule has 1 unspecified atom stereocenters. The average Bonchev–Trinajstić information content (AvgIpc) is 2.66. The topological polar surface area (TPSA) is 83.1 Å². The highest BCUT2D eigenvalue weighted by molar-refractivity contribution is 6.35. The maximum absolute atomic E-state index is 12.1. The van der Waals surface area contributed by atoms with Gasteiger partial charge in [-0.2, -0.15) is 0 Å². The van der Waals surface area contributed by atoms with Crippen LogP contribution in [-0.2, 0) is 19.1 Å². The number of benzene rings is 1. The molecule has 0 aromatic heterocycles.